The van der Waals surface area contributed by atoms with Gasteiger partial charge in [0.15, 0.2) is 5.58 Å². The fraction of sp³-hybridized carbons (Fsp3) is 0.100. The van der Waals surface area contributed by atoms with Gasteiger partial charge in [0.1, 0.15) is 0 Å². The minimum Gasteiger partial charge on any atom is -0.408 e. The molecule has 0 saturated carbocycles. The minimum atomic E-state index is -0.477. The Kier molecular flexibility index (Phi) is 1.97. The fourth-order valence-corrected chi connectivity index (χ4v) is 1.61. The summed E-state index contributed by atoms with van der Waals surface area (Å²) >= 11 is 5.97. The maximum Gasteiger partial charge on any atom is 0.417 e. The van der Waals surface area contributed by atoms with Gasteiger partial charge in [-0.05, 0) is 24.1 Å². The number of benzene rings is 1. The third-order valence-corrected chi connectivity index (χ3v) is 2.28. The average Bonchev–Trinajstić information content (AvgIpc) is 2.42. The van der Waals surface area contributed by atoms with Crippen LogP contribution in [0.1, 0.15) is 12.5 Å². The van der Waals surface area contributed by atoms with Crippen molar-refractivity contribution in [1.82, 2.24) is 4.98 Å². The summed E-state index contributed by atoms with van der Waals surface area (Å²) in [6.07, 6.45) is 0. The number of rotatable bonds is 1. The van der Waals surface area contributed by atoms with Gasteiger partial charge in [0.05, 0.1) is 10.5 Å². The molecule has 0 aliphatic carbocycles. The quantitative estimate of drug-likeness (QED) is 0.785. The number of aromatic nitrogens is 1. The molecule has 4 heteroatoms. The fourth-order valence-electron chi connectivity index (χ4n) is 1.30. The molecule has 0 atom stereocenters. The molecule has 0 amide bonds. The van der Waals surface area contributed by atoms with Crippen LogP contribution in [0.2, 0.25) is 5.02 Å². The molecule has 1 heterocycles. The Morgan fingerprint density at radius 1 is 1.57 bits per heavy atom. The summed E-state index contributed by atoms with van der Waals surface area (Å²) in [6.45, 7) is 5.65. The molecule has 0 aliphatic heterocycles. The maximum atomic E-state index is 10.9. The van der Waals surface area contributed by atoms with Crippen molar-refractivity contribution in [2.45, 2.75) is 6.92 Å². The third-order valence-electron chi connectivity index (χ3n) is 1.97. The van der Waals surface area contributed by atoms with E-state index < -0.39 is 5.76 Å². The van der Waals surface area contributed by atoms with E-state index in [2.05, 4.69) is 11.6 Å². The van der Waals surface area contributed by atoms with E-state index in [1.165, 1.54) is 0 Å². The highest BCUT2D eigenvalue weighted by atomic mass is 35.5. The number of H-pyrrole nitrogens is 1. The van der Waals surface area contributed by atoms with Crippen molar-refractivity contribution in [1.29, 1.82) is 0 Å². The highest BCUT2D eigenvalue weighted by Crippen LogP contribution is 2.26. The molecule has 2 aromatic rings. The van der Waals surface area contributed by atoms with Crippen molar-refractivity contribution < 1.29 is 4.42 Å². The van der Waals surface area contributed by atoms with Crippen LogP contribution in [0.5, 0.6) is 0 Å². The van der Waals surface area contributed by atoms with Crippen LogP contribution in [-0.4, -0.2) is 4.98 Å². The second-order valence-corrected chi connectivity index (χ2v) is 3.53. The first kappa shape index (κ1) is 9.09. The molecule has 0 spiro atoms. The Balaban J connectivity index is 2.82. The molecular formula is C10H8ClNO2. The van der Waals surface area contributed by atoms with E-state index in [1.807, 2.05) is 6.92 Å². The van der Waals surface area contributed by atoms with Crippen LogP contribution in [-0.2, 0) is 0 Å². The van der Waals surface area contributed by atoms with Crippen LogP contribution in [0.3, 0.4) is 0 Å². The standard InChI is InChI=1S/C10H8ClNO2/c1-5(2)6-3-8-9(4-7(6)11)14-10(13)12-8/h3-4H,1H2,2H3,(H,12,13). The van der Waals surface area contributed by atoms with E-state index in [0.29, 0.717) is 16.1 Å². The van der Waals surface area contributed by atoms with Crippen molar-refractivity contribution in [3.8, 4) is 0 Å². The van der Waals surface area contributed by atoms with Gasteiger partial charge in [0.25, 0.3) is 0 Å². The summed E-state index contributed by atoms with van der Waals surface area (Å²) in [7, 11) is 0. The monoisotopic (exact) mass is 209 g/mol. The highest BCUT2D eigenvalue weighted by molar-refractivity contribution is 6.33. The number of oxazole rings is 1. The van der Waals surface area contributed by atoms with E-state index in [9.17, 15) is 4.79 Å². The Hall–Kier alpha value is -1.48. The Morgan fingerprint density at radius 2 is 2.29 bits per heavy atom. The summed E-state index contributed by atoms with van der Waals surface area (Å²) < 4.78 is 4.86. The Morgan fingerprint density at radius 3 is 2.93 bits per heavy atom. The van der Waals surface area contributed by atoms with Crippen LogP contribution >= 0.6 is 11.6 Å². The summed E-state index contributed by atoms with van der Waals surface area (Å²) in [6, 6.07) is 3.36. The first-order valence-electron chi connectivity index (χ1n) is 4.06. The normalized spacial score (nSPS) is 10.7. The molecule has 0 radical (unpaired) electrons. The lowest BCUT2D eigenvalue weighted by Gasteiger charge is -2.01. The molecule has 0 unspecified atom stereocenters. The van der Waals surface area contributed by atoms with E-state index in [-0.39, 0.29) is 0 Å². The van der Waals surface area contributed by atoms with Crippen molar-refractivity contribution in [3.63, 3.8) is 0 Å². The van der Waals surface area contributed by atoms with Gasteiger partial charge in [-0.15, -0.1) is 0 Å². The molecular weight excluding hydrogens is 202 g/mol. The van der Waals surface area contributed by atoms with Gasteiger partial charge in [-0.25, -0.2) is 4.79 Å². The molecule has 2 rings (SSSR count). The topological polar surface area (TPSA) is 46.0 Å². The predicted molar refractivity (Wildman–Crippen MR) is 56.6 cm³/mol. The van der Waals surface area contributed by atoms with Gasteiger partial charge in [-0.2, -0.15) is 0 Å². The predicted octanol–water partition coefficient (Wildman–Crippen LogP) is 2.81. The lowest BCUT2D eigenvalue weighted by molar-refractivity contribution is 0.555. The van der Waals surface area contributed by atoms with E-state index in [0.717, 1.165) is 11.1 Å². The molecule has 72 valence electrons. The van der Waals surface area contributed by atoms with Gasteiger partial charge in [-0.3, -0.25) is 4.98 Å². The SMILES string of the molecule is C=C(C)c1cc2[nH]c(=O)oc2cc1Cl. The van der Waals surface area contributed by atoms with Gasteiger partial charge in [0, 0.05) is 6.07 Å². The number of nitrogens with one attached hydrogen (secondary N) is 1. The number of allylic oxidation sites excluding steroid dienone is 1. The number of halogens is 1. The first-order chi connectivity index (χ1) is 6.58. The van der Waals surface area contributed by atoms with Crippen LogP contribution in [0.4, 0.5) is 0 Å². The summed E-state index contributed by atoms with van der Waals surface area (Å²) in [5.74, 6) is -0.477. The van der Waals surface area contributed by atoms with Crippen LogP contribution in [0.25, 0.3) is 16.7 Å². The first-order valence-corrected chi connectivity index (χ1v) is 4.44. The van der Waals surface area contributed by atoms with E-state index in [4.69, 9.17) is 16.0 Å². The van der Waals surface area contributed by atoms with Crippen LogP contribution in [0, 0.1) is 0 Å². The Labute approximate surface area is 85.0 Å². The van der Waals surface area contributed by atoms with Crippen LogP contribution < -0.4 is 5.76 Å². The second-order valence-electron chi connectivity index (χ2n) is 3.12. The van der Waals surface area contributed by atoms with Crippen molar-refractivity contribution in [2.24, 2.45) is 0 Å². The molecule has 1 aromatic heterocycles. The van der Waals surface area contributed by atoms with Gasteiger partial charge in [-0.1, -0.05) is 18.2 Å². The lowest BCUT2D eigenvalue weighted by Crippen LogP contribution is -1.92. The zero-order valence-electron chi connectivity index (χ0n) is 7.56. The molecule has 0 fully saturated rings. The average molecular weight is 210 g/mol. The summed E-state index contributed by atoms with van der Waals surface area (Å²) in [5, 5.41) is 0.535. The number of fused-ring (bicyclic) bond motifs is 1. The van der Waals surface area contributed by atoms with Gasteiger partial charge >= 0.3 is 5.76 Å². The summed E-state index contributed by atoms with van der Waals surface area (Å²) in [5.41, 5.74) is 2.76. The summed E-state index contributed by atoms with van der Waals surface area (Å²) in [4.78, 5) is 13.5. The third kappa shape index (κ3) is 1.36. The van der Waals surface area contributed by atoms with Gasteiger partial charge < -0.3 is 4.42 Å². The molecule has 0 aliphatic rings. The molecule has 1 aromatic carbocycles. The largest absolute Gasteiger partial charge is 0.417 e. The number of hydrogen-bond acceptors (Lipinski definition) is 2. The smallest absolute Gasteiger partial charge is 0.408 e. The molecule has 0 bridgehead atoms. The van der Waals surface area contributed by atoms with E-state index in [1.54, 1.807) is 12.1 Å². The van der Waals surface area contributed by atoms with E-state index >= 15 is 0 Å². The maximum absolute atomic E-state index is 10.9. The van der Waals surface area contributed by atoms with Gasteiger partial charge in [0.2, 0.25) is 0 Å². The second kappa shape index (κ2) is 3.03. The minimum absolute atomic E-state index is 0.463. The highest BCUT2D eigenvalue weighted by Gasteiger charge is 2.07. The lowest BCUT2D eigenvalue weighted by atomic mass is 10.1. The number of aromatic amines is 1. The van der Waals surface area contributed by atoms with Crippen LogP contribution in [0.15, 0.2) is 27.9 Å². The molecule has 1 N–H and O–H groups in total. The van der Waals surface area contributed by atoms with Crippen molar-refractivity contribution >= 4 is 28.3 Å². The molecule has 3 nitrogen and oxygen atoms in total. The zero-order valence-corrected chi connectivity index (χ0v) is 8.31. The van der Waals surface area contributed by atoms with Crippen molar-refractivity contribution in [3.05, 3.63) is 39.8 Å². The molecule has 0 saturated heterocycles. The Bertz CT molecular complexity index is 565. The zero-order chi connectivity index (χ0) is 10.3. The number of hydrogen-bond donors (Lipinski definition) is 1. The van der Waals surface area contributed by atoms with Crippen molar-refractivity contribution in [2.75, 3.05) is 0 Å². The molecule has 14 heavy (non-hydrogen) atoms.